The van der Waals surface area contributed by atoms with Crippen LogP contribution >= 0.6 is 11.8 Å². The second-order valence-electron chi connectivity index (χ2n) is 7.90. The largest absolute Gasteiger partial charge is 0.507 e. The van der Waals surface area contributed by atoms with E-state index in [0.29, 0.717) is 23.5 Å². The lowest BCUT2D eigenvalue weighted by molar-refractivity contribution is -0.121. The van der Waals surface area contributed by atoms with Gasteiger partial charge in [0.2, 0.25) is 0 Å². The van der Waals surface area contributed by atoms with Crippen molar-refractivity contribution in [2.75, 3.05) is 7.11 Å². The van der Waals surface area contributed by atoms with Crippen molar-refractivity contribution in [3.63, 3.8) is 0 Å². The van der Waals surface area contributed by atoms with Crippen LogP contribution in [0.5, 0.6) is 17.2 Å². The van der Waals surface area contributed by atoms with Gasteiger partial charge in [-0.25, -0.2) is 0 Å². The molecule has 0 bridgehead atoms. The number of aromatic hydroxyl groups is 1. The van der Waals surface area contributed by atoms with Crippen LogP contribution < -0.4 is 9.47 Å². The average Bonchev–Trinajstić information content (AvgIpc) is 2.81. The highest BCUT2D eigenvalue weighted by atomic mass is 32.2. The summed E-state index contributed by atoms with van der Waals surface area (Å²) < 4.78 is 11.6. The zero-order valence-corrected chi connectivity index (χ0v) is 19.7. The van der Waals surface area contributed by atoms with Crippen molar-refractivity contribution >= 4 is 17.5 Å². The van der Waals surface area contributed by atoms with Crippen LogP contribution in [0.2, 0.25) is 0 Å². The molecule has 5 nitrogen and oxygen atoms in total. The lowest BCUT2D eigenvalue weighted by atomic mass is 9.98. The maximum absolute atomic E-state index is 12.0. The third-order valence-electron chi connectivity index (χ3n) is 5.26. The van der Waals surface area contributed by atoms with Gasteiger partial charge in [0.15, 0.2) is 0 Å². The Morgan fingerprint density at radius 3 is 2.47 bits per heavy atom. The Morgan fingerprint density at radius 1 is 1.06 bits per heavy atom. The summed E-state index contributed by atoms with van der Waals surface area (Å²) in [5.74, 6) is 2.36. The molecule has 0 radical (unpaired) electrons. The fourth-order valence-electron chi connectivity index (χ4n) is 3.18. The van der Waals surface area contributed by atoms with Crippen LogP contribution in [0.25, 0.3) is 0 Å². The summed E-state index contributed by atoms with van der Waals surface area (Å²) in [6.45, 7) is 5.87. The molecule has 1 heterocycles. The topological polar surface area (TPSA) is 68.7 Å². The Labute approximate surface area is 193 Å². The lowest BCUT2D eigenvalue weighted by Gasteiger charge is -2.15. The van der Waals surface area contributed by atoms with Gasteiger partial charge in [-0.3, -0.25) is 9.78 Å². The number of ether oxygens (including phenoxy) is 2. The fraction of sp³-hybridized carbons (Fsp3) is 0.308. The van der Waals surface area contributed by atoms with E-state index in [1.54, 1.807) is 44.3 Å². The second kappa shape index (κ2) is 11.0. The third-order valence-corrected chi connectivity index (χ3v) is 6.32. The zero-order valence-electron chi connectivity index (χ0n) is 18.9. The summed E-state index contributed by atoms with van der Waals surface area (Å²) in [6, 6.07) is 13.6. The molecule has 1 aromatic heterocycles. The van der Waals surface area contributed by atoms with E-state index in [-0.39, 0.29) is 23.9 Å². The molecule has 2 aromatic carbocycles. The first-order valence-corrected chi connectivity index (χ1v) is 11.5. The van der Waals surface area contributed by atoms with Crippen molar-refractivity contribution < 1.29 is 19.4 Å². The first-order chi connectivity index (χ1) is 15.4. The van der Waals surface area contributed by atoms with Crippen molar-refractivity contribution in [1.29, 1.82) is 0 Å². The summed E-state index contributed by atoms with van der Waals surface area (Å²) in [4.78, 5) is 17.2. The minimum Gasteiger partial charge on any atom is -0.507 e. The van der Waals surface area contributed by atoms with Gasteiger partial charge in [-0.2, -0.15) is 0 Å². The molecular weight excluding hydrogens is 422 g/mol. The van der Waals surface area contributed by atoms with Crippen LogP contribution in [0, 0.1) is 12.8 Å². The number of ketones is 1. The molecule has 0 unspecified atom stereocenters. The monoisotopic (exact) mass is 451 g/mol. The highest BCUT2D eigenvalue weighted by Crippen LogP contribution is 2.33. The number of hydrogen-bond acceptors (Lipinski definition) is 6. The van der Waals surface area contributed by atoms with Crippen LogP contribution in [0.4, 0.5) is 0 Å². The standard InChI is InChI=1S/C26H29NO4S/c1-17(2)23(28)14-20-7-8-24(18(3)26(20)29)31-15-19-5-6-21(25(13-19)30-4)16-32-22-9-11-27-12-10-22/h5-13,17,29H,14-16H2,1-4H3. The van der Waals surface area contributed by atoms with Crippen molar-refractivity contribution in [3.05, 3.63) is 77.1 Å². The molecule has 0 fully saturated rings. The van der Waals surface area contributed by atoms with Gasteiger partial charge in [0.1, 0.15) is 29.6 Å². The Morgan fingerprint density at radius 2 is 1.78 bits per heavy atom. The number of carbonyl (C=O) groups is 1. The van der Waals surface area contributed by atoms with E-state index >= 15 is 0 Å². The Balaban J connectivity index is 1.66. The predicted molar refractivity (Wildman–Crippen MR) is 128 cm³/mol. The summed E-state index contributed by atoms with van der Waals surface area (Å²) in [7, 11) is 1.67. The molecule has 3 aromatic rings. The van der Waals surface area contributed by atoms with Gasteiger partial charge in [0, 0.05) is 52.1 Å². The highest BCUT2D eigenvalue weighted by molar-refractivity contribution is 7.98. The molecule has 168 valence electrons. The Bertz CT molecular complexity index is 1070. The maximum atomic E-state index is 12.0. The van der Waals surface area contributed by atoms with Crippen LogP contribution in [-0.2, 0) is 23.6 Å². The summed E-state index contributed by atoms with van der Waals surface area (Å²) >= 11 is 1.73. The van der Waals surface area contributed by atoms with Crippen LogP contribution in [-0.4, -0.2) is 23.0 Å². The van der Waals surface area contributed by atoms with Crippen molar-refractivity contribution in [3.8, 4) is 17.2 Å². The van der Waals surface area contributed by atoms with Crippen LogP contribution in [0.3, 0.4) is 0 Å². The van der Waals surface area contributed by atoms with Gasteiger partial charge in [-0.1, -0.05) is 32.0 Å². The third kappa shape index (κ3) is 6.04. The minimum atomic E-state index is -0.0633. The van der Waals surface area contributed by atoms with Gasteiger partial charge < -0.3 is 14.6 Å². The summed E-state index contributed by atoms with van der Waals surface area (Å²) in [5.41, 5.74) is 3.34. The highest BCUT2D eigenvalue weighted by Gasteiger charge is 2.15. The zero-order chi connectivity index (χ0) is 23.1. The molecule has 32 heavy (non-hydrogen) atoms. The molecule has 0 amide bonds. The number of nitrogens with zero attached hydrogens (tertiary/aromatic N) is 1. The van der Waals surface area contributed by atoms with E-state index < -0.39 is 0 Å². The first kappa shape index (κ1) is 23.7. The fourth-order valence-corrected chi connectivity index (χ4v) is 4.06. The normalized spacial score (nSPS) is 10.9. The number of thioether (sulfide) groups is 1. The van der Waals surface area contributed by atoms with E-state index in [0.717, 1.165) is 27.5 Å². The quantitative estimate of drug-likeness (QED) is 0.396. The SMILES string of the molecule is COc1cc(COc2ccc(CC(=O)C(C)C)c(O)c2C)ccc1CSc1ccncc1. The molecule has 0 atom stereocenters. The van der Waals surface area contributed by atoms with E-state index in [1.165, 1.54) is 0 Å². The number of hydrogen-bond donors (Lipinski definition) is 1. The number of carbonyl (C=O) groups excluding carboxylic acids is 1. The van der Waals surface area contributed by atoms with E-state index in [9.17, 15) is 9.90 Å². The molecule has 0 aliphatic carbocycles. The molecule has 1 N–H and O–H groups in total. The maximum Gasteiger partial charge on any atom is 0.139 e. The van der Waals surface area contributed by atoms with Gasteiger partial charge in [-0.05, 0) is 36.8 Å². The summed E-state index contributed by atoms with van der Waals surface area (Å²) in [6.07, 6.45) is 3.80. The number of pyridine rings is 1. The van der Waals surface area contributed by atoms with Crippen LogP contribution in [0.15, 0.2) is 59.8 Å². The van der Waals surface area contributed by atoms with Gasteiger partial charge in [-0.15, -0.1) is 11.8 Å². The molecular formula is C26H29NO4S. The molecule has 3 rings (SSSR count). The number of benzene rings is 2. The average molecular weight is 452 g/mol. The number of phenolic OH excluding ortho intramolecular Hbond substituents is 1. The Hall–Kier alpha value is -2.99. The molecule has 0 saturated heterocycles. The number of rotatable bonds is 10. The van der Waals surface area contributed by atoms with Crippen molar-refractivity contribution in [2.45, 2.75) is 44.4 Å². The molecule has 0 saturated carbocycles. The summed E-state index contributed by atoms with van der Waals surface area (Å²) in [5, 5.41) is 10.5. The van der Waals surface area contributed by atoms with Crippen molar-refractivity contribution in [2.24, 2.45) is 5.92 Å². The van der Waals surface area contributed by atoms with Crippen LogP contribution in [0.1, 0.15) is 36.1 Å². The molecule has 6 heteroatoms. The second-order valence-corrected chi connectivity index (χ2v) is 8.95. The molecule has 0 spiro atoms. The Kier molecular flexibility index (Phi) is 8.17. The number of phenols is 1. The molecule has 0 aliphatic rings. The number of methoxy groups -OCH3 is 1. The first-order valence-electron chi connectivity index (χ1n) is 10.5. The number of aromatic nitrogens is 1. The molecule has 0 aliphatic heterocycles. The van der Waals surface area contributed by atoms with E-state index in [1.807, 2.05) is 44.2 Å². The van der Waals surface area contributed by atoms with Gasteiger partial charge in [0.25, 0.3) is 0 Å². The number of Topliss-reactive ketones (excluding diaryl/α,β-unsaturated/α-hetero) is 1. The minimum absolute atomic E-state index is 0.0633. The smallest absolute Gasteiger partial charge is 0.139 e. The van der Waals surface area contributed by atoms with E-state index in [4.69, 9.17) is 9.47 Å². The predicted octanol–water partition coefficient (Wildman–Crippen LogP) is 5.74. The van der Waals surface area contributed by atoms with Crippen molar-refractivity contribution in [1.82, 2.24) is 4.98 Å². The van der Waals surface area contributed by atoms with E-state index in [2.05, 4.69) is 11.1 Å². The lowest BCUT2D eigenvalue weighted by Crippen LogP contribution is -2.10. The van der Waals surface area contributed by atoms with Gasteiger partial charge >= 0.3 is 0 Å². The van der Waals surface area contributed by atoms with Gasteiger partial charge in [0.05, 0.1) is 7.11 Å².